The van der Waals surface area contributed by atoms with Gasteiger partial charge in [0.15, 0.2) is 11.5 Å². The lowest BCUT2D eigenvalue weighted by Gasteiger charge is -2.31. The first kappa shape index (κ1) is 16.8. The van der Waals surface area contributed by atoms with Crippen LogP contribution in [0.4, 0.5) is 0 Å². The minimum absolute atomic E-state index is 0.0708. The van der Waals surface area contributed by atoms with Gasteiger partial charge in [-0.05, 0) is 37.1 Å². The second-order valence-electron chi connectivity index (χ2n) is 6.94. The number of hydrogen-bond acceptors (Lipinski definition) is 4. The third-order valence-corrected chi connectivity index (χ3v) is 5.46. The van der Waals surface area contributed by atoms with Gasteiger partial charge in [0.05, 0.1) is 7.11 Å². The molecule has 2 aromatic rings. The number of hydrogen-bond donors (Lipinski definition) is 1. The summed E-state index contributed by atoms with van der Waals surface area (Å²) in [7, 11) is 1.70. The second-order valence-corrected chi connectivity index (χ2v) is 6.94. The van der Waals surface area contributed by atoms with Crippen LogP contribution in [0.1, 0.15) is 41.6 Å². The summed E-state index contributed by atoms with van der Waals surface area (Å²) < 4.78 is 16.3. The Bertz CT molecular complexity index is 811. The highest BCUT2D eigenvalue weighted by Crippen LogP contribution is 2.44. The number of carbonyl (C=O) groups excluding carboxylic acids is 1. The van der Waals surface area contributed by atoms with Crippen LogP contribution in [0, 0.1) is 0 Å². The maximum atomic E-state index is 12.7. The number of rotatable bonds is 5. The van der Waals surface area contributed by atoms with Crippen LogP contribution in [0.2, 0.25) is 0 Å². The summed E-state index contributed by atoms with van der Waals surface area (Å²) in [6.45, 7) is 0.804. The Morgan fingerprint density at radius 3 is 2.69 bits per heavy atom. The minimum Gasteiger partial charge on any atom is -0.496 e. The Kier molecular flexibility index (Phi) is 4.45. The van der Waals surface area contributed by atoms with Crippen molar-refractivity contribution in [2.75, 3.05) is 20.4 Å². The lowest BCUT2D eigenvalue weighted by Crippen LogP contribution is -2.39. The molecule has 5 nitrogen and oxygen atoms in total. The summed E-state index contributed by atoms with van der Waals surface area (Å²) in [4.78, 5) is 12.7. The van der Waals surface area contributed by atoms with Gasteiger partial charge in [0.25, 0.3) is 5.91 Å². The van der Waals surface area contributed by atoms with Crippen LogP contribution in [0.25, 0.3) is 0 Å². The summed E-state index contributed by atoms with van der Waals surface area (Å²) in [5.41, 5.74) is 1.70. The number of methoxy groups -OCH3 is 1. The lowest BCUT2D eigenvalue weighted by atomic mass is 9.78. The monoisotopic (exact) mass is 353 g/mol. The number of benzene rings is 2. The summed E-state index contributed by atoms with van der Waals surface area (Å²) in [5, 5.41) is 3.13. The van der Waals surface area contributed by atoms with E-state index in [9.17, 15) is 4.79 Å². The zero-order chi connectivity index (χ0) is 18.0. The SMILES string of the molecule is COc1ccccc1C1(CNC(=O)c2ccc3c(c2)OCO3)CCCC1. The first-order valence-corrected chi connectivity index (χ1v) is 9.03. The van der Waals surface area contributed by atoms with E-state index in [4.69, 9.17) is 14.2 Å². The largest absolute Gasteiger partial charge is 0.496 e. The highest BCUT2D eigenvalue weighted by Gasteiger charge is 2.38. The Balaban J connectivity index is 1.53. The van der Waals surface area contributed by atoms with Gasteiger partial charge in [0.1, 0.15) is 5.75 Å². The normalized spacial score (nSPS) is 17.1. The molecular weight excluding hydrogens is 330 g/mol. The van der Waals surface area contributed by atoms with Crippen molar-refractivity contribution in [3.8, 4) is 17.2 Å². The first-order valence-electron chi connectivity index (χ1n) is 9.03. The molecule has 5 heteroatoms. The molecule has 2 aromatic carbocycles. The molecule has 0 atom stereocenters. The van der Waals surface area contributed by atoms with Crippen molar-refractivity contribution in [3.05, 3.63) is 53.6 Å². The first-order chi connectivity index (χ1) is 12.7. The topological polar surface area (TPSA) is 56.8 Å². The molecule has 1 fully saturated rings. The third kappa shape index (κ3) is 2.98. The summed E-state index contributed by atoms with van der Waals surface area (Å²) >= 11 is 0. The van der Waals surface area contributed by atoms with Crippen molar-refractivity contribution in [2.24, 2.45) is 0 Å². The molecule has 136 valence electrons. The standard InChI is InChI=1S/C21H23NO4/c1-24-17-7-3-2-6-16(17)21(10-4-5-11-21)13-22-20(23)15-8-9-18-19(12-15)26-14-25-18/h2-3,6-9,12H,4-5,10-11,13-14H2,1H3,(H,22,23). The van der Waals surface area contributed by atoms with Crippen molar-refractivity contribution >= 4 is 5.91 Å². The lowest BCUT2D eigenvalue weighted by molar-refractivity contribution is 0.0942. The van der Waals surface area contributed by atoms with E-state index in [1.54, 1.807) is 25.3 Å². The molecule has 26 heavy (non-hydrogen) atoms. The fourth-order valence-electron chi connectivity index (χ4n) is 4.07. The molecule has 1 saturated carbocycles. The van der Waals surface area contributed by atoms with Crippen LogP contribution in [0.15, 0.2) is 42.5 Å². The number of para-hydroxylation sites is 1. The molecular formula is C21H23NO4. The molecule has 0 aromatic heterocycles. The van der Waals surface area contributed by atoms with Gasteiger partial charge in [-0.3, -0.25) is 4.79 Å². The zero-order valence-corrected chi connectivity index (χ0v) is 14.9. The number of nitrogens with one attached hydrogen (secondary N) is 1. The van der Waals surface area contributed by atoms with Gasteiger partial charge in [-0.2, -0.15) is 0 Å². The van der Waals surface area contributed by atoms with Gasteiger partial charge in [0, 0.05) is 23.1 Å². The predicted octanol–water partition coefficient (Wildman–Crippen LogP) is 3.67. The fraction of sp³-hybridized carbons (Fsp3) is 0.381. The van der Waals surface area contributed by atoms with E-state index >= 15 is 0 Å². The van der Waals surface area contributed by atoms with Crippen molar-refractivity contribution in [1.29, 1.82) is 0 Å². The van der Waals surface area contributed by atoms with Crippen LogP contribution in [-0.4, -0.2) is 26.4 Å². The van der Waals surface area contributed by atoms with E-state index in [1.807, 2.05) is 18.2 Å². The van der Waals surface area contributed by atoms with Gasteiger partial charge < -0.3 is 19.5 Å². The average Bonchev–Trinajstić information content (AvgIpc) is 3.35. The van der Waals surface area contributed by atoms with Gasteiger partial charge in [-0.1, -0.05) is 31.0 Å². The molecule has 0 saturated heterocycles. The highest BCUT2D eigenvalue weighted by molar-refractivity contribution is 5.95. The van der Waals surface area contributed by atoms with Gasteiger partial charge in [0.2, 0.25) is 6.79 Å². The fourth-order valence-corrected chi connectivity index (χ4v) is 4.07. The summed E-state index contributed by atoms with van der Waals surface area (Å²) in [6.07, 6.45) is 4.43. The summed E-state index contributed by atoms with van der Waals surface area (Å²) in [6, 6.07) is 13.4. The molecule has 1 N–H and O–H groups in total. The van der Waals surface area contributed by atoms with Crippen LogP contribution in [0.5, 0.6) is 17.2 Å². The average molecular weight is 353 g/mol. The molecule has 1 aliphatic carbocycles. The molecule has 1 aliphatic heterocycles. The van der Waals surface area contributed by atoms with Gasteiger partial charge >= 0.3 is 0 Å². The van der Waals surface area contributed by atoms with E-state index in [2.05, 4.69) is 11.4 Å². The number of ether oxygens (including phenoxy) is 3. The summed E-state index contributed by atoms with van der Waals surface area (Å²) in [5.74, 6) is 2.11. The van der Waals surface area contributed by atoms with Gasteiger partial charge in [-0.15, -0.1) is 0 Å². The smallest absolute Gasteiger partial charge is 0.251 e. The number of fused-ring (bicyclic) bond motifs is 1. The van der Waals surface area contributed by atoms with E-state index in [1.165, 1.54) is 5.56 Å². The van der Waals surface area contributed by atoms with Crippen molar-refractivity contribution in [2.45, 2.75) is 31.1 Å². The van der Waals surface area contributed by atoms with Crippen molar-refractivity contribution < 1.29 is 19.0 Å². The van der Waals surface area contributed by atoms with Crippen molar-refractivity contribution in [1.82, 2.24) is 5.32 Å². The van der Waals surface area contributed by atoms with E-state index in [0.29, 0.717) is 23.6 Å². The molecule has 0 unspecified atom stereocenters. The van der Waals surface area contributed by atoms with Gasteiger partial charge in [-0.25, -0.2) is 0 Å². The third-order valence-electron chi connectivity index (χ3n) is 5.46. The predicted molar refractivity (Wildman–Crippen MR) is 98.0 cm³/mol. The quantitative estimate of drug-likeness (QED) is 0.891. The Hall–Kier alpha value is -2.69. The minimum atomic E-state index is -0.0931. The Morgan fingerprint density at radius 2 is 1.88 bits per heavy atom. The molecule has 1 heterocycles. The van der Waals surface area contributed by atoms with E-state index < -0.39 is 0 Å². The molecule has 0 spiro atoms. The van der Waals surface area contributed by atoms with Crippen LogP contribution in [0.3, 0.4) is 0 Å². The second kappa shape index (κ2) is 6.90. The highest BCUT2D eigenvalue weighted by atomic mass is 16.7. The Labute approximate surface area is 153 Å². The Morgan fingerprint density at radius 1 is 1.12 bits per heavy atom. The van der Waals surface area contributed by atoms with Crippen molar-refractivity contribution in [3.63, 3.8) is 0 Å². The molecule has 0 bridgehead atoms. The van der Waals surface area contributed by atoms with Crippen LogP contribution < -0.4 is 19.5 Å². The van der Waals surface area contributed by atoms with Crippen LogP contribution >= 0.6 is 0 Å². The van der Waals surface area contributed by atoms with Crippen LogP contribution in [-0.2, 0) is 5.41 Å². The molecule has 4 rings (SSSR count). The molecule has 2 aliphatic rings. The van der Waals surface area contributed by atoms with E-state index in [0.717, 1.165) is 31.4 Å². The number of carbonyl (C=O) groups is 1. The number of amides is 1. The maximum Gasteiger partial charge on any atom is 0.251 e. The van der Waals surface area contributed by atoms with E-state index in [-0.39, 0.29) is 18.1 Å². The maximum absolute atomic E-state index is 12.7. The molecule has 1 amide bonds. The molecule has 0 radical (unpaired) electrons. The zero-order valence-electron chi connectivity index (χ0n) is 14.9.